The maximum atomic E-state index is 5.49. The van der Waals surface area contributed by atoms with Crippen LogP contribution in [0.5, 0.6) is 0 Å². The molecule has 0 aliphatic carbocycles. The molecule has 16 heavy (non-hydrogen) atoms. The van der Waals surface area contributed by atoms with E-state index in [2.05, 4.69) is 11.6 Å². The first-order valence-electron chi connectivity index (χ1n) is 5.18. The zero-order chi connectivity index (χ0) is 11.8. The van der Waals surface area contributed by atoms with Crippen molar-refractivity contribution in [2.24, 2.45) is 16.5 Å². The van der Waals surface area contributed by atoms with Gasteiger partial charge < -0.3 is 11.5 Å². The van der Waals surface area contributed by atoms with Crippen LogP contribution in [0.3, 0.4) is 0 Å². The van der Waals surface area contributed by atoms with E-state index in [0.717, 1.165) is 17.0 Å². The highest BCUT2D eigenvalue weighted by Gasteiger charge is 1.98. The molecule has 4 N–H and O–H groups in total. The van der Waals surface area contributed by atoms with Gasteiger partial charge in [0, 0.05) is 12.1 Å². The molecule has 0 saturated heterocycles. The molecule has 0 heterocycles. The maximum absolute atomic E-state index is 5.49. The first kappa shape index (κ1) is 12.2. The topological polar surface area (TPSA) is 64.4 Å². The summed E-state index contributed by atoms with van der Waals surface area (Å²) in [5.41, 5.74) is 13.4. The third kappa shape index (κ3) is 3.71. The van der Waals surface area contributed by atoms with Crippen molar-refractivity contribution in [3.8, 4) is 0 Å². The molecular weight excluding hydrogens is 198 g/mol. The second-order valence-electron chi connectivity index (χ2n) is 3.31. The summed E-state index contributed by atoms with van der Waals surface area (Å²) in [5, 5.41) is 0. The Kier molecular flexibility index (Phi) is 5.02. The molecule has 0 bridgehead atoms. The van der Waals surface area contributed by atoms with Crippen LogP contribution in [-0.4, -0.2) is 12.3 Å². The van der Waals surface area contributed by atoms with E-state index in [0.29, 0.717) is 13.0 Å². The van der Waals surface area contributed by atoms with Crippen molar-refractivity contribution in [3.63, 3.8) is 0 Å². The Morgan fingerprint density at radius 1 is 1.31 bits per heavy atom. The summed E-state index contributed by atoms with van der Waals surface area (Å²) in [6, 6.07) is 9.81. The molecule has 0 aliphatic rings. The molecule has 3 nitrogen and oxygen atoms in total. The molecule has 0 aromatic heterocycles. The molecule has 0 atom stereocenters. The zero-order valence-corrected chi connectivity index (χ0v) is 9.26. The second-order valence-corrected chi connectivity index (χ2v) is 3.31. The number of aliphatic imine (C=N–C) groups is 1. The van der Waals surface area contributed by atoms with E-state index in [9.17, 15) is 0 Å². The van der Waals surface area contributed by atoms with Gasteiger partial charge in [-0.2, -0.15) is 0 Å². The number of allylic oxidation sites excluding steroid dienone is 1. The highest BCUT2D eigenvalue weighted by atomic mass is 14.8. The van der Waals surface area contributed by atoms with Crippen LogP contribution in [0.25, 0.3) is 5.70 Å². The van der Waals surface area contributed by atoms with Crippen molar-refractivity contribution in [1.82, 2.24) is 0 Å². The number of benzene rings is 1. The van der Waals surface area contributed by atoms with Gasteiger partial charge in [-0.15, -0.1) is 0 Å². The van der Waals surface area contributed by atoms with Crippen LogP contribution < -0.4 is 11.5 Å². The van der Waals surface area contributed by atoms with Crippen LogP contribution in [0.15, 0.2) is 54.2 Å². The van der Waals surface area contributed by atoms with Crippen LogP contribution in [0.1, 0.15) is 12.0 Å². The van der Waals surface area contributed by atoms with E-state index >= 15 is 0 Å². The number of hydrogen-bond acceptors (Lipinski definition) is 3. The van der Waals surface area contributed by atoms with Crippen molar-refractivity contribution in [1.29, 1.82) is 0 Å². The molecule has 0 amide bonds. The van der Waals surface area contributed by atoms with Crippen molar-refractivity contribution in [3.05, 3.63) is 54.8 Å². The van der Waals surface area contributed by atoms with Gasteiger partial charge in [0.2, 0.25) is 0 Å². The molecule has 0 aliphatic heterocycles. The van der Waals surface area contributed by atoms with Crippen LogP contribution in [-0.2, 0) is 0 Å². The van der Waals surface area contributed by atoms with Crippen LogP contribution in [0.2, 0.25) is 0 Å². The van der Waals surface area contributed by atoms with E-state index < -0.39 is 0 Å². The molecular formula is C13H17N3. The Morgan fingerprint density at radius 2 is 2.00 bits per heavy atom. The lowest BCUT2D eigenvalue weighted by atomic mass is 10.1. The molecule has 1 aromatic carbocycles. The summed E-state index contributed by atoms with van der Waals surface area (Å²) in [6.07, 6.45) is 3.91. The number of nitrogens with zero attached hydrogens (tertiary/aromatic N) is 1. The highest BCUT2D eigenvalue weighted by molar-refractivity contribution is 5.98. The normalized spacial score (nSPS) is 11.9. The fourth-order valence-corrected chi connectivity index (χ4v) is 1.30. The molecule has 3 heteroatoms. The minimum absolute atomic E-state index is 0.547. The van der Waals surface area contributed by atoms with Crippen LogP contribution in [0.4, 0.5) is 0 Å². The van der Waals surface area contributed by atoms with Crippen molar-refractivity contribution in [2.75, 3.05) is 6.54 Å². The minimum Gasteiger partial charge on any atom is -0.405 e. The quantitative estimate of drug-likeness (QED) is 0.737. The van der Waals surface area contributed by atoms with Crippen molar-refractivity contribution in [2.45, 2.75) is 6.42 Å². The van der Waals surface area contributed by atoms with Gasteiger partial charge in [-0.25, -0.2) is 0 Å². The van der Waals surface area contributed by atoms with Crippen LogP contribution >= 0.6 is 0 Å². The largest absolute Gasteiger partial charge is 0.405 e. The average Bonchev–Trinajstić information content (AvgIpc) is 2.31. The Labute approximate surface area is 96.2 Å². The van der Waals surface area contributed by atoms with Gasteiger partial charge in [0.05, 0.1) is 5.70 Å². The molecule has 0 fully saturated rings. The van der Waals surface area contributed by atoms with E-state index in [4.69, 9.17) is 11.5 Å². The molecule has 0 unspecified atom stereocenters. The Hall–Kier alpha value is -1.87. The minimum atomic E-state index is 0.547. The average molecular weight is 215 g/mol. The van der Waals surface area contributed by atoms with Gasteiger partial charge in [0.1, 0.15) is 0 Å². The second kappa shape index (κ2) is 6.58. The summed E-state index contributed by atoms with van der Waals surface area (Å²) < 4.78 is 0. The first-order valence-corrected chi connectivity index (χ1v) is 5.18. The van der Waals surface area contributed by atoms with E-state index in [-0.39, 0.29) is 0 Å². The highest BCUT2D eigenvalue weighted by Crippen LogP contribution is 2.13. The van der Waals surface area contributed by atoms with E-state index in [1.54, 1.807) is 6.08 Å². The zero-order valence-electron chi connectivity index (χ0n) is 9.26. The van der Waals surface area contributed by atoms with Gasteiger partial charge in [-0.1, -0.05) is 36.9 Å². The van der Waals surface area contributed by atoms with E-state index in [1.807, 2.05) is 30.3 Å². The molecule has 84 valence electrons. The predicted octanol–water partition coefficient (Wildman–Crippen LogP) is 1.92. The molecule has 0 saturated carbocycles. The lowest BCUT2D eigenvalue weighted by Crippen LogP contribution is -2.06. The van der Waals surface area contributed by atoms with Crippen molar-refractivity contribution < 1.29 is 0 Å². The molecule has 0 radical (unpaired) electrons. The lowest BCUT2D eigenvalue weighted by molar-refractivity contribution is 1.04. The third-order valence-corrected chi connectivity index (χ3v) is 2.07. The summed E-state index contributed by atoms with van der Waals surface area (Å²) in [6.45, 7) is 4.47. The standard InChI is InChI=1S/C13H17N3/c1-11(12-5-3-2-4-6-12)16-13(7-9-14)8-10-15/h2-7,9H,1,8,10,14-15H2/b9-7-,16-13?. The number of rotatable bonds is 5. The van der Waals surface area contributed by atoms with Gasteiger partial charge >= 0.3 is 0 Å². The monoisotopic (exact) mass is 215 g/mol. The number of hydrogen-bond donors (Lipinski definition) is 2. The predicted molar refractivity (Wildman–Crippen MR) is 69.9 cm³/mol. The fraction of sp³-hybridized carbons (Fsp3) is 0.154. The fourth-order valence-electron chi connectivity index (χ4n) is 1.30. The van der Waals surface area contributed by atoms with Crippen molar-refractivity contribution >= 4 is 11.4 Å². The van der Waals surface area contributed by atoms with Gasteiger partial charge in [-0.3, -0.25) is 4.99 Å². The Balaban J connectivity index is 2.85. The summed E-state index contributed by atoms with van der Waals surface area (Å²) in [7, 11) is 0. The summed E-state index contributed by atoms with van der Waals surface area (Å²) >= 11 is 0. The SMILES string of the molecule is C=C(N=C(/C=C\N)CCN)c1ccccc1. The Bertz CT molecular complexity index is 391. The molecule has 1 rings (SSSR count). The summed E-state index contributed by atoms with van der Waals surface area (Å²) in [4.78, 5) is 4.40. The van der Waals surface area contributed by atoms with Crippen LogP contribution in [0, 0.1) is 0 Å². The maximum Gasteiger partial charge on any atom is 0.0633 e. The van der Waals surface area contributed by atoms with Gasteiger partial charge in [0.25, 0.3) is 0 Å². The lowest BCUT2D eigenvalue weighted by Gasteiger charge is -2.03. The smallest absolute Gasteiger partial charge is 0.0633 e. The summed E-state index contributed by atoms with van der Waals surface area (Å²) in [5.74, 6) is 0. The molecule has 1 aromatic rings. The third-order valence-electron chi connectivity index (χ3n) is 2.07. The van der Waals surface area contributed by atoms with E-state index in [1.165, 1.54) is 6.20 Å². The van der Waals surface area contributed by atoms with Gasteiger partial charge in [-0.05, 0) is 24.4 Å². The number of nitrogens with two attached hydrogens (primary N) is 2. The Morgan fingerprint density at radius 3 is 2.56 bits per heavy atom. The first-order chi connectivity index (χ1) is 7.77. The molecule has 0 spiro atoms. The van der Waals surface area contributed by atoms with Gasteiger partial charge in [0.15, 0.2) is 0 Å².